The van der Waals surface area contributed by atoms with Crippen LogP contribution >= 0.6 is 11.8 Å². The molecule has 0 aliphatic heterocycles. The number of benzene rings is 1. The van der Waals surface area contributed by atoms with Gasteiger partial charge in [0.05, 0.1) is 23.9 Å². The van der Waals surface area contributed by atoms with E-state index in [0.717, 1.165) is 49.6 Å². The molecule has 4 N–H and O–H groups in total. The van der Waals surface area contributed by atoms with Crippen molar-refractivity contribution in [2.75, 3.05) is 5.75 Å². The van der Waals surface area contributed by atoms with E-state index in [1.807, 2.05) is 0 Å². The first-order chi connectivity index (χ1) is 15.1. The van der Waals surface area contributed by atoms with Crippen LogP contribution in [0, 0.1) is 11.8 Å². The molecule has 1 aromatic rings. The fraction of sp³-hybridized carbons (Fsp3) is 0.696. The lowest BCUT2D eigenvalue weighted by atomic mass is 9.85. The summed E-state index contributed by atoms with van der Waals surface area (Å²) in [7, 11) is 0. The Kier molecular flexibility index (Phi) is 10.8. The molecule has 5 atom stereocenters. The van der Waals surface area contributed by atoms with Crippen LogP contribution in [0.4, 0.5) is 13.2 Å². The van der Waals surface area contributed by atoms with E-state index in [0.29, 0.717) is 30.6 Å². The zero-order valence-corrected chi connectivity index (χ0v) is 18.8. The summed E-state index contributed by atoms with van der Waals surface area (Å²) in [5.74, 6) is -0.741. The lowest BCUT2D eigenvalue weighted by Crippen LogP contribution is -2.24. The van der Waals surface area contributed by atoms with E-state index in [4.69, 9.17) is 5.11 Å². The number of aliphatic hydroxyl groups is 3. The Morgan fingerprint density at radius 1 is 1.06 bits per heavy atom. The highest BCUT2D eigenvalue weighted by Gasteiger charge is 2.40. The molecule has 0 spiro atoms. The molecular formula is C23H33F3O5S. The van der Waals surface area contributed by atoms with Crippen molar-refractivity contribution in [3.63, 3.8) is 0 Å². The summed E-state index contributed by atoms with van der Waals surface area (Å²) in [6.45, 7) is 0. The summed E-state index contributed by atoms with van der Waals surface area (Å²) in [5.41, 5.74) is -0.717. The number of carbonyl (C=O) groups is 1. The van der Waals surface area contributed by atoms with E-state index in [-0.39, 0.29) is 24.0 Å². The van der Waals surface area contributed by atoms with Gasteiger partial charge >= 0.3 is 12.1 Å². The minimum absolute atomic E-state index is 0.0622. The summed E-state index contributed by atoms with van der Waals surface area (Å²) in [6.07, 6.45) is -1.06. The van der Waals surface area contributed by atoms with Gasteiger partial charge in [-0.2, -0.15) is 13.2 Å². The van der Waals surface area contributed by atoms with E-state index >= 15 is 0 Å². The van der Waals surface area contributed by atoms with Crippen LogP contribution in [0.1, 0.15) is 63.4 Å². The molecule has 1 fully saturated rings. The number of carboxylic acid groups (broad SMARTS) is 1. The molecule has 0 bridgehead atoms. The van der Waals surface area contributed by atoms with Gasteiger partial charge in [-0.05, 0) is 62.1 Å². The summed E-state index contributed by atoms with van der Waals surface area (Å²) in [5, 5.41) is 39.6. The van der Waals surface area contributed by atoms with Crippen LogP contribution in [0.15, 0.2) is 29.2 Å². The third kappa shape index (κ3) is 8.92. The molecule has 9 heteroatoms. The van der Waals surface area contributed by atoms with E-state index in [1.54, 1.807) is 6.07 Å². The van der Waals surface area contributed by atoms with Gasteiger partial charge in [-0.15, -0.1) is 11.8 Å². The van der Waals surface area contributed by atoms with Gasteiger partial charge in [0.2, 0.25) is 0 Å². The molecule has 1 aromatic carbocycles. The summed E-state index contributed by atoms with van der Waals surface area (Å²) in [4.78, 5) is 11.0. The van der Waals surface area contributed by atoms with Crippen LogP contribution in [0.2, 0.25) is 0 Å². The predicted molar refractivity (Wildman–Crippen MR) is 116 cm³/mol. The van der Waals surface area contributed by atoms with Crippen molar-refractivity contribution < 1.29 is 38.4 Å². The maximum atomic E-state index is 12.8. The third-order valence-corrected chi connectivity index (χ3v) is 7.28. The zero-order chi connectivity index (χ0) is 23.7. The molecule has 182 valence electrons. The Labute approximate surface area is 191 Å². The third-order valence-electron chi connectivity index (χ3n) is 6.14. The summed E-state index contributed by atoms with van der Waals surface area (Å²) in [6, 6.07) is 5.01. The molecule has 0 amide bonds. The van der Waals surface area contributed by atoms with Crippen molar-refractivity contribution in [3.8, 4) is 0 Å². The van der Waals surface area contributed by atoms with Crippen molar-refractivity contribution >= 4 is 17.7 Å². The van der Waals surface area contributed by atoms with Crippen molar-refractivity contribution in [2.45, 2.75) is 87.2 Å². The van der Waals surface area contributed by atoms with Crippen LogP contribution in [0.5, 0.6) is 0 Å². The quantitative estimate of drug-likeness (QED) is 0.242. The van der Waals surface area contributed by atoms with Crippen molar-refractivity contribution in [1.82, 2.24) is 0 Å². The Bertz CT molecular complexity index is 715. The van der Waals surface area contributed by atoms with E-state index in [1.165, 1.54) is 6.07 Å². The molecule has 1 aliphatic carbocycles. The molecule has 2 unspecified atom stereocenters. The van der Waals surface area contributed by atoms with Gasteiger partial charge in [-0.1, -0.05) is 25.3 Å². The van der Waals surface area contributed by atoms with Gasteiger partial charge in [0, 0.05) is 17.1 Å². The molecule has 1 saturated carbocycles. The molecule has 0 radical (unpaired) electrons. The second-order valence-corrected chi connectivity index (χ2v) is 9.71. The van der Waals surface area contributed by atoms with E-state index in [2.05, 4.69) is 0 Å². The van der Waals surface area contributed by atoms with Crippen molar-refractivity contribution in [1.29, 1.82) is 0 Å². The number of aliphatic carboxylic acids is 1. The minimum atomic E-state index is -4.40. The number of hydrogen-bond donors (Lipinski definition) is 4. The van der Waals surface area contributed by atoms with Crippen LogP contribution in [-0.2, 0) is 11.0 Å². The van der Waals surface area contributed by atoms with Gasteiger partial charge in [0.25, 0.3) is 0 Å². The smallest absolute Gasteiger partial charge is 0.416 e. The SMILES string of the molecule is O=C(O)CCCCCCC1[C@@H](CCC(O)CSc2cccc(C(F)(F)F)c2)[C@H](O)C[C@@H]1O. The van der Waals surface area contributed by atoms with Gasteiger partial charge in [0.1, 0.15) is 0 Å². The van der Waals surface area contributed by atoms with Gasteiger partial charge in [-0.25, -0.2) is 0 Å². The van der Waals surface area contributed by atoms with E-state index in [9.17, 15) is 33.3 Å². The number of thioether (sulfide) groups is 1. The first kappa shape index (κ1) is 27.0. The molecule has 1 aliphatic rings. The summed E-state index contributed by atoms with van der Waals surface area (Å²) < 4.78 is 38.5. The fourth-order valence-electron chi connectivity index (χ4n) is 4.41. The van der Waals surface area contributed by atoms with Gasteiger partial charge < -0.3 is 20.4 Å². The molecule has 0 heterocycles. The average molecular weight is 479 g/mol. The first-order valence-corrected chi connectivity index (χ1v) is 12.1. The van der Waals surface area contributed by atoms with Crippen LogP contribution in [0.3, 0.4) is 0 Å². The molecule has 5 nitrogen and oxygen atoms in total. The van der Waals surface area contributed by atoms with Crippen LogP contribution in [0.25, 0.3) is 0 Å². The standard InChI is InChI=1S/C23H33F3O5S/c24-23(25,26)15-6-5-7-17(12-15)32-14-16(27)10-11-19-18(20(28)13-21(19)29)8-3-1-2-4-9-22(30)31/h5-7,12,16,18-21,27-29H,1-4,8-11,13-14H2,(H,30,31)/t16?,18?,19-,20+,21-/m1/s1. The molecule has 32 heavy (non-hydrogen) atoms. The Morgan fingerprint density at radius 3 is 2.38 bits per heavy atom. The largest absolute Gasteiger partial charge is 0.481 e. The zero-order valence-electron chi connectivity index (χ0n) is 18.0. The number of hydrogen-bond acceptors (Lipinski definition) is 5. The first-order valence-electron chi connectivity index (χ1n) is 11.1. The molecule has 0 aromatic heterocycles. The maximum absolute atomic E-state index is 12.8. The predicted octanol–water partition coefficient (Wildman–Crippen LogP) is 4.72. The van der Waals surface area contributed by atoms with Crippen molar-refractivity contribution in [2.24, 2.45) is 11.8 Å². The lowest BCUT2D eigenvalue weighted by molar-refractivity contribution is -0.138. The molecule has 2 rings (SSSR count). The monoisotopic (exact) mass is 478 g/mol. The molecule has 0 saturated heterocycles. The highest BCUT2D eigenvalue weighted by atomic mass is 32.2. The van der Waals surface area contributed by atoms with Crippen LogP contribution < -0.4 is 0 Å². The van der Waals surface area contributed by atoms with Gasteiger partial charge in [-0.3, -0.25) is 4.79 Å². The number of rotatable bonds is 13. The van der Waals surface area contributed by atoms with Crippen LogP contribution in [-0.4, -0.2) is 50.5 Å². The number of halogens is 3. The lowest BCUT2D eigenvalue weighted by Gasteiger charge is -2.24. The second-order valence-electron chi connectivity index (χ2n) is 8.61. The maximum Gasteiger partial charge on any atom is 0.416 e. The second kappa shape index (κ2) is 12.8. The number of alkyl halides is 3. The van der Waals surface area contributed by atoms with Gasteiger partial charge in [0.15, 0.2) is 0 Å². The Morgan fingerprint density at radius 2 is 1.72 bits per heavy atom. The van der Waals surface area contributed by atoms with E-state index < -0.39 is 36.0 Å². The molecular weight excluding hydrogens is 445 g/mol. The normalized spacial score (nSPS) is 24.6. The van der Waals surface area contributed by atoms with Crippen molar-refractivity contribution in [3.05, 3.63) is 29.8 Å². The Hall–Kier alpha value is -1.29. The highest BCUT2D eigenvalue weighted by molar-refractivity contribution is 7.99. The minimum Gasteiger partial charge on any atom is -0.481 e. The summed E-state index contributed by atoms with van der Waals surface area (Å²) >= 11 is 1.16. The number of carboxylic acids is 1. The average Bonchev–Trinajstić information content (AvgIpc) is 2.99. The fourth-order valence-corrected chi connectivity index (χ4v) is 5.35. The number of aliphatic hydroxyl groups excluding tert-OH is 3. The number of unbranched alkanes of at least 4 members (excludes halogenated alkanes) is 3. The highest BCUT2D eigenvalue weighted by Crippen LogP contribution is 2.39. The Balaban J connectivity index is 1.75. The topological polar surface area (TPSA) is 98.0 Å².